The number of rotatable bonds is 50. The van der Waals surface area contributed by atoms with E-state index in [2.05, 4.69) is 148 Å². The predicted octanol–water partition coefficient (Wildman–Crippen LogP) is 15.3. The summed E-state index contributed by atoms with van der Waals surface area (Å²) in [6.45, 7) is 4.53. The summed E-state index contributed by atoms with van der Waals surface area (Å²) in [6, 6.07) is 0. The van der Waals surface area contributed by atoms with E-state index in [0.29, 0.717) is 17.4 Å². The van der Waals surface area contributed by atoms with E-state index in [1.807, 2.05) is 21.1 Å². The van der Waals surface area contributed by atoms with Gasteiger partial charge in [-0.3, -0.25) is 9.59 Å². The third kappa shape index (κ3) is 55.0. The standard InChI is InChI=1S/C64H103NO8/c1-6-8-10-12-14-16-18-20-22-24-25-26-27-28-29-30-31-32-33-34-35-36-37-39-41-43-45-47-49-51-53-55-62(67)73-60(59-72-64(63(68)69)70-57-56-65(3,4)5)58-71-61(66)54-52-50-48-46-44-42-40-38-23-21-19-17-15-13-11-9-7-2/h8,10,14-17,20-23,25-26,28-29,31-32,34-35,37,39,43,45,60,64H,6-7,9,11-13,18-19,24,27,30,33,36,38,40-42,44,46-59H2,1-5H3/b10-8-,16-14-,17-15-,22-20-,23-21-,26-25-,29-28-,32-31-,35-34-,39-37-,45-43-. The number of ether oxygens (including phenoxy) is 4. The van der Waals surface area contributed by atoms with Crippen LogP contribution in [0.2, 0.25) is 0 Å². The quantitative estimate of drug-likeness (QED) is 0.0195. The summed E-state index contributed by atoms with van der Waals surface area (Å²) in [4.78, 5) is 37.2. The van der Waals surface area contributed by atoms with Gasteiger partial charge in [0.15, 0.2) is 12.4 Å². The van der Waals surface area contributed by atoms with Crippen LogP contribution in [0, 0.1) is 0 Å². The molecule has 0 aliphatic carbocycles. The molecule has 0 N–H and O–H groups in total. The molecule has 9 nitrogen and oxygen atoms in total. The van der Waals surface area contributed by atoms with E-state index in [9.17, 15) is 19.5 Å². The van der Waals surface area contributed by atoms with Crippen LogP contribution in [-0.2, 0) is 33.3 Å². The highest BCUT2D eigenvalue weighted by molar-refractivity contribution is 5.70. The Morgan fingerprint density at radius 3 is 1.18 bits per heavy atom. The molecule has 0 heterocycles. The van der Waals surface area contributed by atoms with Gasteiger partial charge in [-0.1, -0.05) is 199 Å². The molecule has 0 rings (SSSR count). The molecule has 0 amide bonds. The van der Waals surface area contributed by atoms with E-state index in [1.165, 1.54) is 44.9 Å². The number of likely N-dealkylation sites (N-methyl/N-ethyl adjacent to an activating group) is 1. The minimum absolute atomic E-state index is 0.132. The molecule has 0 aliphatic rings. The maximum absolute atomic E-state index is 12.8. The summed E-state index contributed by atoms with van der Waals surface area (Å²) in [5, 5.41) is 11.8. The van der Waals surface area contributed by atoms with Crippen LogP contribution < -0.4 is 5.11 Å². The zero-order chi connectivity index (χ0) is 53.4. The lowest BCUT2D eigenvalue weighted by atomic mass is 10.1. The SMILES string of the molecule is CC/C=C\C/C=C\C/C=C\C/C=C\C/C=C\C/C=C\C/C=C\C/C=C\C/C=C\CCCCCC(=O)OC(COC(=O)CCCCCCCCC/C=C\C/C=C\CCCCC)COC(OCC[N+](C)(C)C)C(=O)[O-]. The van der Waals surface area contributed by atoms with Gasteiger partial charge in [-0.05, 0) is 116 Å². The largest absolute Gasteiger partial charge is 0.545 e. The zero-order valence-electron chi connectivity index (χ0n) is 46.7. The second-order valence-electron chi connectivity index (χ2n) is 19.5. The van der Waals surface area contributed by atoms with Crippen molar-refractivity contribution in [2.75, 3.05) is 47.5 Å². The molecule has 0 aromatic heterocycles. The summed E-state index contributed by atoms with van der Waals surface area (Å²) in [6.07, 6.45) is 73.5. The summed E-state index contributed by atoms with van der Waals surface area (Å²) in [5.41, 5.74) is 0. The highest BCUT2D eigenvalue weighted by atomic mass is 16.7. The van der Waals surface area contributed by atoms with Gasteiger partial charge in [-0.15, -0.1) is 0 Å². The van der Waals surface area contributed by atoms with Gasteiger partial charge in [-0.25, -0.2) is 0 Å². The number of hydrogen-bond acceptors (Lipinski definition) is 8. The summed E-state index contributed by atoms with van der Waals surface area (Å²) in [5.74, 6) is -2.36. The maximum atomic E-state index is 12.8. The van der Waals surface area contributed by atoms with Gasteiger partial charge in [-0.2, -0.15) is 0 Å². The molecule has 73 heavy (non-hydrogen) atoms. The van der Waals surface area contributed by atoms with Crippen molar-refractivity contribution < 1.29 is 42.9 Å². The van der Waals surface area contributed by atoms with Crippen molar-refractivity contribution in [3.8, 4) is 0 Å². The number of quaternary nitrogens is 1. The fourth-order valence-electron chi connectivity index (χ4n) is 7.03. The van der Waals surface area contributed by atoms with E-state index < -0.39 is 24.3 Å². The number of aliphatic carboxylic acids is 1. The Balaban J connectivity index is 4.39. The number of carbonyl (C=O) groups is 3. The van der Waals surface area contributed by atoms with Gasteiger partial charge >= 0.3 is 11.9 Å². The third-order valence-corrected chi connectivity index (χ3v) is 11.4. The van der Waals surface area contributed by atoms with Crippen molar-refractivity contribution in [3.63, 3.8) is 0 Å². The average molecular weight is 1010 g/mol. The first kappa shape index (κ1) is 68.4. The van der Waals surface area contributed by atoms with Crippen LogP contribution in [0.5, 0.6) is 0 Å². The highest BCUT2D eigenvalue weighted by Gasteiger charge is 2.22. The third-order valence-electron chi connectivity index (χ3n) is 11.4. The number of carboxylic acid groups (broad SMARTS) is 1. The van der Waals surface area contributed by atoms with E-state index in [4.69, 9.17) is 18.9 Å². The number of carbonyl (C=O) groups excluding carboxylic acids is 3. The molecule has 0 aliphatic heterocycles. The minimum atomic E-state index is -1.64. The first-order valence-corrected chi connectivity index (χ1v) is 28.3. The monoisotopic (exact) mass is 1010 g/mol. The molecule has 9 heteroatoms. The molecule has 2 unspecified atom stereocenters. The first-order valence-electron chi connectivity index (χ1n) is 28.3. The lowest BCUT2D eigenvalue weighted by Crippen LogP contribution is -2.44. The zero-order valence-corrected chi connectivity index (χ0v) is 46.7. The molecular weight excluding hydrogens is 911 g/mol. The predicted molar refractivity (Wildman–Crippen MR) is 306 cm³/mol. The molecule has 0 aromatic carbocycles. The molecular formula is C64H103NO8. The molecule has 2 atom stereocenters. The van der Waals surface area contributed by atoms with Gasteiger partial charge in [0.2, 0.25) is 0 Å². The molecule has 0 bridgehead atoms. The maximum Gasteiger partial charge on any atom is 0.306 e. The minimum Gasteiger partial charge on any atom is -0.545 e. The number of esters is 2. The topological polar surface area (TPSA) is 111 Å². The Bertz CT molecular complexity index is 1650. The normalized spacial score (nSPS) is 13.8. The van der Waals surface area contributed by atoms with Gasteiger partial charge in [0.05, 0.1) is 40.3 Å². The number of unbranched alkanes of at least 4 members (excludes halogenated alkanes) is 13. The molecule has 0 saturated heterocycles. The Morgan fingerprint density at radius 1 is 0.425 bits per heavy atom. The van der Waals surface area contributed by atoms with E-state index in [0.717, 1.165) is 116 Å². The lowest BCUT2D eigenvalue weighted by Gasteiger charge is -2.26. The van der Waals surface area contributed by atoms with Gasteiger partial charge in [0.25, 0.3) is 0 Å². The molecule has 0 fully saturated rings. The van der Waals surface area contributed by atoms with Crippen LogP contribution in [0.4, 0.5) is 0 Å². The second kappa shape index (κ2) is 53.7. The summed E-state index contributed by atoms with van der Waals surface area (Å²) in [7, 11) is 5.89. The van der Waals surface area contributed by atoms with Crippen molar-refractivity contribution in [3.05, 3.63) is 134 Å². The van der Waals surface area contributed by atoms with Crippen LogP contribution in [0.1, 0.15) is 194 Å². The Hall–Kier alpha value is -4.57. The number of nitrogens with zero attached hydrogens (tertiary/aromatic N) is 1. The Kier molecular flexibility index (Phi) is 50.4. The van der Waals surface area contributed by atoms with Crippen molar-refractivity contribution in [1.82, 2.24) is 0 Å². The van der Waals surface area contributed by atoms with E-state index in [1.54, 1.807) is 0 Å². The number of allylic oxidation sites excluding steroid dienone is 22. The van der Waals surface area contributed by atoms with Crippen molar-refractivity contribution in [2.45, 2.75) is 206 Å². The van der Waals surface area contributed by atoms with Crippen molar-refractivity contribution in [1.29, 1.82) is 0 Å². The van der Waals surface area contributed by atoms with Crippen LogP contribution in [0.15, 0.2) is 134 Å². The molecule has 412 valence electrons. The van der Waals surface area contributed by atoms with Crippen LogP contribution in [-0.4, -0.2) is 82.3 Å². The average Bonchev–Trinajstić information content (AvgIpc) is 3.36. The Morgan fingerprint density at radius 2 is 0.781 bits per heavy atom. The lowest BCUT2D eigenvalue weighted by molar-refractivity contribution is -0.870. The summed E-state index contributed by atoms with van der Waals surface area (Å²) >= 11 is 0. The second-order valence-corrected chi connectivity index (χ2v) is 19.5. The Labute approximate surface area is 446 Å². The van der Waals surface area contributed by atoms with Gasteiger partial charge in [0.1, 0.15) is 13.2 Å². The fourth-order valence-corrected chi connectivity index (χ4v) is 7.03. The van der Waals surface area contributed by atoms with E-state index >= 15 is 0 Å². The van der Waals surface area contributed by atoms with Crippen LogP contribution in [0.25, 0.3) is 0 Å². The highest BCUT2D eigenvalue weighted by Crippen LogP contribution is 2.13. The van der Waals surface area contributed by atoms with Gasteiger partial charge in [0, 0.05) is 12.8 Å². The fraction of sp³-hybridized carbons (Fsp3) is 0.609. The van der Waals surface area contributed by atoms with Crippen LogP contribution >= 0.6 is 0 Å². The van der Waals surface area contributed by atoms with E-state index in [-0.39, 0.29) is 38.6 Å². The first-order chi connectivity index (χ1) is 35.6. The van der Waals surface area contributed by atoms with Crippen molar-refractivity contribution >= 4 is 17.9 Å². The van der Waals surface area contributed by atoms with Crippen LogP contribution in [0.3, 0.4) is 0 Å². The summed E-state index contributed by atoms with van der Waals surface area (Å²) < 4.78 is 22.6. The smallest absolute Gasteiger partial charge is 0.306 e. The molecule has 0 aromatic rings. The molecule has 0 spiro atoms. The number of hydrogen-bond donors (Lipinski definition) is 0. The molecule has 0 radical (unpaired) electrons. The van der Waals surface area contributed by atoms with Gasteiger partial charge < -0.3 is 33.3 Å². The number of carboxylic acids is 1. The molecule has 0 saturated carbocycles. The van der Waals surface area contributed by atoms with Crippen molar-refractivity contribution in [2.24, 2.45) is 0 Å².